The van der Waals surface area contributed by atoms with Crippen molar-refractivity contribution in [3.8, 4) is 0 Å². The summed E-state index contributed by atoms with van der Waals surface area (Å²) in [6, 6.07) is 3.00. The quantitative estimate of drug-likeness (QED) is 0.649. The van der Waals surface area contributed by atoms with E-state index in [9.17, 15) is 24.2 Å². The molecular weight excluding hydrogens is 309 g/mol. The van der Waals surface area contributed by atoms with Crippen LogP contribution in [0.4, 0.5) is 9.18 Å². The van der Waals surface area contributed by atoms with E-state index >= 15 is 0 Å². The molecule has 0 radical (unpaired) electrons. The number of carboxylic acid groups (broad SMARTS) is 1. The Kier molecular flexibility index (Phi) is 6.05. The molecule has 0 spiro atoms. The van der Waals surface area contributed by atoms with Crippen LogP contribution < -0.4 is 5.32 Å². The highest BCUT2D eigenvalue weighted by Crippen LogP contribution is 2.20. The average molecular weight is 329 g/mol. The van der Waals surface area contributed by atoms with E-state index in [-0.39, 0.29) is 12.1 Å². The maximum Gasteiger partial charge on any atom is 0.407 e. The summed E-state index contributed by atoms with van der Waals surface area (Å²) >= 11 is 0. The van der Waals surface area contributed by atoms with Crippen molar-refractivity contribution in [2.45, 2.75) is 38.6 Å². The molecule has 1 aromatic carbocycles. The number of rotatable bonds is 5. The van der Waals surface area contributed by atoms with Gasteiger partial charge in [0.15, 0.2) is 0 Å². The van der Waals surface area contributed by atoms with Crippen molar-refractivity contribution in [2.24, 2.45) is 0 Å². The van der Waals surface area contributed by atoms with Gasteiger partial charge in [0.25, 0.3) is 0 Å². The summed E-state index contributed by atoms with van der Waals surface area (Å²) in [5.41, 5.74) is -1.25. The highest BCUT2D eigenvalue weighted by Gasteiger charge is 2.23. The highest BCUT2D eigenvalue weighted by atomic mass is 19.1. The van der Waals surface area contributed by atoms with E-state index in [1.807, 2.05) is 0 Å². The van der Waals surface area contributed by atoms with Gasteiger partial charge in [0, 0.05) is 6.54 Å². The van der Waals surface area contributed by atoms with Crippen molar-refractivity contribution in [2.75, 3.05) is 6.54 Å². The molecule has 8 heteroatoms. The predicted molar refractivity (Wildman–Crippen MR) is 78.6 cm³/mol. The van der Waals surface area contributed by atoms with Gasteiger partial charge in [0.1, 0.15) is 23.6 Å². The number of aromatic carboxylic acids is 1. The Morgan fingerprint density at radius 3 is 2.39 bits per heavy atom. The normalized spacial score (nSPS) is 14.0. The molecule has 1 amide bonds. The summed E-state index contributed by atoms with van der Waals surface area (Å²) in [7, 11) is 0. The fourth-order valence-electron chi connectivity index (χ4n) is 1.72. The minimum atomic E-state index is -1.50. The standard InChI is InChI=1S/C15H20FNO6/c1-15(2,3)23-14(22)17-7-11(18)12(19)8-4-5-9(13(20)21)10(16)6-8/h4-6,11-12,18-19H,7H2,1-3H3,(H,17,22)(H,20,21). The van der Waals surface area contributed by atoms with Crippen molar-refractivity contribution in [3.63, 3.8) is 0 Å². The SMILES string of the molecule is CC(C)(C)OC(=O)NCC(O)C(O)c1ccc(C(=O)O)c(F)c1. The Balaban J connectivity index is 2.66. The summed E-state index contributed by atoms with van der Waals surface area (Å²) in [4.78, 5) is 22.2. The molecule has 0 saturated carbocycles. The molecule has 1 rings (SSSR count). The number of carboxylic acids is 1. The first kappa shape index (κ1) is 18.9. The summed E-state index contributed by atoms with van der Waals surface area (Å²) < 4.78 is 18.5. The number of carbonyl (C=O) groups excluding carboxylic acids is 1. The van der Waals surface area contributed by atoms with Crippen molar-refractivity contribution < 1.29 is 34.0 Å². The maximum absolute atomic E-state index is 13.6. The number of nitrogens with one attached hydrogen (secondary N) is 1. The number of hydrogen-bond donors (Lipinski definition) is 4. The molecule has 2 unspecified atom stereocenters. The van der Waals surface area contributed by atoms with Crippen molar-refractivity contribution in [1.29, 1.82) is 0 Å². The van der Waals surface area contributed by atoms with Gasteiger partial charge in [-0.15, -0.1) is 0 Å². The Bertz CT molecular complexity index is 584. The summed E-state index contributed by atoms with van der Waals surface area (Å²) in [5, 5.41) is 30.8. The second-order valence-electron chi connectivity index (χ2n) is 5.94. The van der Waals surface area contributed by atoms with Crippen LogP contribution >= 0.6 is 0 Å². The molecule has 2 atom stereocenters. The van der Waals surface area contributed by atoms with Gasteiger partial charge in [-0.1, -0.05) is 6.07 Å². The molecule has 0 aliphatic heterocycles. The molecule has 0 aliphatic rings. The third-order valence-electron chi connectivity index (χ3n) is 2.78. The Morgan fingerprint density at radius 2 is 1.91 bits per heavy atom. The van der Waals surface area contributed by atoms with E-state index in [2.05, 4.69) is 5.32 Å². The summed E-state index contributed by atoms with van der Waals surface area (Å²) in [6.07, 6.45) is -3.68. The fourth-order valence-corrected chi connectivity index (χ4v) is 1.72. The van der Waals surface area contributed by atoms with Gasteiger partial charge in [-0.05, 0) is 38.5 Å². The second kappa shape index (κ2) is 7.38. The van der Waals surface area contributed by atoms with Gasteiger partial charge in [0.05, 0.1) is 5.56 Å². The van der Waals surface area contributed by atoms with Crippen LogP contribution in [0.2, 0.25) is 0 Å². The average Bonchev–Trinajstić information content (AvgIpc) is 2.41. The lowest BCUT2D eigenvalue weighted by Gasteiger charge is -2.22. The van der Waals surface area contributed by atoms with Crippen LogP contribution in [0, 0.1) is 5.82 Å². The first-order valence-electron chi connectivity index (χ1n) is 6.87. The Labute approximate surface area is 132 Å². The van der Waals surface area contributed by atoms with Gasteiger partial charge in [0.2, 0.25) is 0 Å². The van der Waals surface area contributed by atoms with Crippen LogP contribution in [0.1, 0.15) is 42.8 Å². The van der Waals surface area contributed by atoms with Crippen molar-refractivity contribution in [1.82, 2.24) is 5.32 Å². The summed E-state index contributed by atoms with van der Waals surface area (Å²) in [6.45, 7) is 4.69. The molecule has 4 N–H and O–H groups in total. The molecule has 1 aromatic rings. The molecule has 0 aromatic heterocycles. The first-order valence-corrected chi connectivity index (χ1v) is 6.87. The van der Waals surface area contributed by atoms with E-state index in [1.54, 1.807) is 20.8 Å². The number of ether oxygens (including phenoxy) is 1. The summed E-state index contributed by atoms with van der Waals surface area (Å²) in [5.74, 6) is -2.46. The second-order valence-corrected chi connectivity index (χ2v) is 5.94. The largest absolute Gasteiger partial charge is 0.478 e. The molecule has 0 fully saturated rings. The van der Waals surface area contributed by atoms with Crippen LogP contribution in [0.3, 0.4) is 0 Å². The number of alkyl carbamates (subject to hydrolysis) is 1. The first-order chi connectivity index (χ1) is 10.5. The van der Waals surface area contributed by atoms with Crippen molar-refractivity contribution in [3.05, 3.63) is 35.1 Å². The number of halogens is 1. The Morgan fingerprint density at radius 1 is 1.30 bits per heavy atom. The number of amides is 1. The van der Waals surface area contributed by atoms with Crippen LogP contribution in [-0.4, -0.2) is 45.6 Å². The van der Waals surface area contributed by atoms with E-state index in [0.717, 1.165) is 12.1 Å². The van der Waals surface area contributed by atoms with Crippen LogP contribution in [-0.2, 0) is 4.74 Å². The third kappa shape index (κ3) is 5.84. The number of hydrogen-bond acceptors (Lipinski definition) is 5. The van der Waals surface area contributed by atoms with Crippen molar-refractivity contribution >= 4 is 12.1 Å². The zero-order chi connectivity index (χ0) is 17.8. The van der Waals surface area contributed by atoms with Gasteiger partial charge >= 0.3 is 12.1 Å². The van der Waals surface area contributed by atoms with E-state index in [0.29, 0.717) is 0 Å². The molecule has 23 heavy (non-hydrogen) atoms. The highest BCUT2D eigenvalue weighted by molar-refractivity contribution is 5.87. The third-order valence-corrected chi connectivity index (χ3v) is 2.78. The molecule has 0 saturated heterocycles. The molecule has 0 aliphatic carbocycles. The number of benzene rings is 1. The number of aliphatic hydroxyl groups excluding tert-OH is 2. The van der Waals surface area contributed by atoms with Gasteiger partial charge < -0.3 is 25.4 Å². The monoisotopic (exact) mass is 329 g/mol. The van der Waals surface area contributed by atoms with E-state index in [4.69, 9.17) is 9.84 Å². The Hall–Kier alpha value is -2.19. The fraction of sp³-hybridized carbons (Fsp3) is 0.467. The lowest BCUT2D eigenvalue weighted by Crippen LogP contribution is -2.38. The lowest BCUT2D eigenvalue weighted by molar-refractivity contribution is 0.0127. The zero-order valence-corrected chi connectivity index (χ0v) is 13.0. The minimum absolute atomic E-state index is 0.00834. The van der Waals surface area contributed by atoms with Crippen LogP contribution in [0.25, 0.3) is 0 Å². The predicted octanol–water partition coefficient (Wildman–Crippen LogP) is 1.44. The van der Waals surface area contributed by atoms with Crippen LogP contribution in [0.5, 0.6) is 0 Å². The van der Waals surface area contributed by atoms with Crippen LogP contribution in [0.15, 0.2) is 18.2 Å². The molecule has 0 heterocycles. The van der Waals surface area contributed by atoms with Gasteiger partial charge in [-0.25, -0.2) is 14.0 Å². The topological polar surface area (TPSA) is 116 Å². The lowest BCUT2D eigenvalue weighted by atomic mass is 10.0. The molecule has 0 bridgehead atoms. The maximum atomic E-state index is 13.6. The van der Waals surface area contributed by atoms with E-state index in [1.165, 1.54) is 6.07 Å². The van der Waals surface area contributed by atoms with E-state index < -0.39 is 41.3 Å². The molecule has 7 nitrogen and oxygen atoms in total. The van der Waals surface area contributed by atoms with Gasteiger partial charge in [-0.2, -0.15) is 0 Å². The molecular formula is C15H20FNO6. The number of aliphatic hydroxyl groups is 2. The van der Waals surface area contributed by atoms with Gasteiger partial charge in [-0.3, -0.25) is 0 Å². The minimum Gasteiger partial charge on any atom is -0.478 e. The molecule has 128 valence electrons. The zero-order valence-electron chi connectivity index (χ0n) is 13.0. The smallest absolute Gasteiger partial charge is 0.407 e. The number of carbonyl (C=O) groups is 2.